The van der Waals surface area contributed by atoms with Gasteiger partial charge in [0.15, 0.2) is 5.82 Å². The summed E-state index contributed by atoms with van der Waals surface area (Å²) in [6.45, 7) is 14.0. The molecular formula is C33H45N9O. The minimum atomic E-state index is -0.00744. The lowest BCUT2D eigenvalue weighted by atomic mass is 10.0. The van der Waals surface area contributed by atoms with E-state index in [1.165, 1.54) is 50.8 Å². The summed E-state index contributed by atoms with van der Waals surface area (Å²) in [6.07, 6.45) is 8.06. The number of nitrogens with two attached hydrogens (primary N) is 1. The lowest BCUT2D eigenvalue weighted by Crippen LogP contribution is -2.52. The van der Waals surface area contributed by atoms with Crippen LogP contribution in [0.3, 0.4) is 0 Å². The Morgan fingerprint density at radius 2 is 1.67 bits per heavy atom. The van der Waals surface area contributed by atoms with E-state index >= 15 is 0 Å². The Balaban J connectivity index is 1.18. The molecule has 3 aliphatic rings. The van der Waals surface area contributed by atoms with E-state index in [9.17, 15) is 4.79 Å². The maximum Gasteiger partial charge on any atom is 0.245 e. The number of nitrogen functional groups attached to an aromatic ring is 1. The van der Waals surface area contributed by atoms with Gasteiger partial charge < -0.3 is 25.8 Å². The van der Waals surface area contributed by atoms with Crippen molar-refractivity contribution in [2.45, 2.75) is 51.1 Å². The minimum absolute atomic E-state index is 0.00744. The first kappa shape index (κ1) is 29.3. The van der Waals surface area contributed by atoms with Crippen molar-refractivity contribution < 1.29 is 4.79 Å². The lowest BCUT2D eigenvalue weighted by molar-refractivity contribution is -0.126. The molecule has 3 aliphatic heterocycles. The van der Waals surface area contributed by atoms with Crippen LogP contribution in [0.25, 0.3) is 22.2 Å². The number of amides is 1. The number of likely N-dealkylation sites (N-methyl/N-ethyl adjacent to an activating group) is 1. The Hall–Kier alpha value is -3.76. The van der Waals surface area contributed by atoms with Gasteiger partial charge in [-0.25, -0.2) is 15.0 Å². The second-order valence-electron chi connectivity index (χ2n) is 12.2. The molecule has 1 aromatic carbocycles. The second kappa shape index (κ2) is 12.9. The first-order valence-corrected chi connectivity index (χ1v) is 15.8. The Bertz CT molecular complexity index is 1430. The highest BCUT2D eigenvalue weighted by Gasteiger charge is 2.27. The fraction of sp³-hybridized carbons (Fsp3) is 0.515. The number of aryl methyl sites for hydroxylation is 1. The third-order valence-electron chi connectivity index (χ3n) is 9.52. The van der Waals surface area contributed by atoms with E-state index in [2.05, 4.69) is 69.8 Å². The highest BCUT2D eigenvalue weighted by Crippen LogP contribution is 2.33. The Kier molecular flexibility index (Phi) is 8.76. The zero-order chi connectivity index (χ0) is 29.9. The number of carbonyl (C=O) groups excluding carboxylic acids is 1. The van der Waals surface area contributed by atoms with Crippen LogP contribution in [0.5, 0.6) is 0 Å². The van der Waals surface area contributed by atoms with Gasteiger partial charge in [-0.1, -0.05) is 25.6 Å². The molecule has 3 fully saturated rings. The first-order chi connectivity index (χ1) is 20.9. The van der Waals surface area contributed by atoms with Gasteiger partial charge in [0.2, 0.25) is 5.91 Å². The van der Waals surface area contributed by atoms with Gasteiger partial charge >= 0.3 is 0 Å². The van der Waals surface area contributed by atoms with Gasteiger partial charge in [-0.15, -0.1) is 0 Å². The molecule has 0 radical (unpaired) electrons. The van der Waals surface area contributed by atoms with Crippen LogP contribution in [-0.4, -0.2) is 107 Å². The third kappa shape index (κ3) is 6.31. The molecule has 2 aromatic heterocycles. The standard InChI is InChI=1S/C33H45N9O/c1-4-28-33(36-24-10-14-42(15-11-24)29(43)5-2)38-30-27(22-35-32(34)31(30)37-28)23-6-8-25(9-7-23)40-16-12-26(13-17-40)41-20-18-39(3)19-21-41/h5-9,22,24,26H,2,4,10-21H2,1,3H3,(H2,34,35)(H,36,38). The Morgan fingerprint density at radius 1 is 0.977 bits per heavy atom. The van der Waals surface area contributed by atoms with Crippen molar-refractivity contribution in [3.63, 3.8) is 0 Å². The fourth-order valence-corrected chi connectivity index (χ4v) is 6.76. The van der Waals surface area contributed by atoms with Gasteiger partial charge in [0.1, 0.15) is 16.9 Å². The number of piperidine rings is 2. The fourth-order valence-electron chi connectivity index (χ4n) is 6.76. The molecule has 5 heterocycles. The Labute approximate surface area is 255 Å². The summed E-state index contributed by atoms with van der Waals surface area (Å²) in [5.41, 5.74) is 11.8. The van der Waals surface area contributed by atoms with Crippen molar-refractivity contribution in [2.24, 2.45) is 0 Å². The van der Waals surface area contributed by atoms with Crippen LogP contribution < -0.4 is 16.0 Å². The molecule has 0 bridgehead atoms. The number of benzene rings is 1. The summed E-state index contributed by atoms with van der Waals surface area (Å²) in [6, 6.07) is 9.70. The zero-order valence-electron chi connectivity index (χ0n) is 25.6. The van der Waals surface area contributed by atoms with E-state index in [1.54, 1.807) is 0 Å². The summed E-state index contributed by atoms with van der Waals surface area (Å²) in [5.74, 6) is 1.17. The van der Waals surface area contributed by atoms with E-state index in [4.69, 9.17) is 15.7 Å². The third-order valence-corrected chi connectivity index (χ3v) is 9.52. The topological polar surface area (TPSA) is 107 Å². The molecule has 0 spiro atoms. The van der Waals surface area contributed by atoms with E-state index in [1.807, 2.05) is 11.1 Å². The van der Waals surface area contributed by atoms with E-state index < -0.39 is 0 Å². The number of fused-ring (bicyclic) bond motifs is 1. The molecule has 228 valence electrons. The van der Waals surface area contributed by atoms with E-state index in [-0.39, 0.29) is 11.9 Å². The summed E-state index contributed by atoms with van der Waals surface area (Å²) < 4.78 is 0. The van der Waals surface area contributed by atoms with Crippen molar-refractivity contribution >= 4 is 34.3 Å². The van der Waals surface area contributed by atoms with Gasteiger partial charge in [-0.2, -0.15) is 0 Å². The number of hydrogen-bond donors (Lipinski definition) is 2. The van der Waals surface area contributed by atoms with E-state index in [0.717, 1.165) is 60.5 Å². The van der Waals surface area contributed by atoms with Gasteiger partial charge in [0.05, 0.1) is 5.69 Å². The Morgan fingerprint density at radius 3 is 2.33 bits per heavy atom. The number of rotatable bonds is 7. The molecular weight excluding hydrogens is 538 g/mol. The smallest absolute Gasteiger partial charge is 0.245 e. The zero-order valence-corrected chi connectivity index (χ0v) is 25.6. The number of piperazine rings is 1. The molecule has 3 saturated heterocycles. The van der Waals surface area contributed by atoms with Crippen LogP contribution in [0.1, 0.15) is 38.3 Å². The van der Waals surface area contributed by atoms with Gasteiger partial charge in [0.25, 0.3) is 0 Å². The van der Waals surface area contributed by atoms with Gasteiger partial charge in [-0.3, -0.25) is 9.69 Å². The largest absolute Gasteiger partial charge is 0.382 e. The maximum atomic E-state index is 12.0. The lowest BCUT2D eigenvalue weighted by Gasteiger charge is -2.42. The maximum absolute atomic E-state index is 12.0. The quantitative estimate of drug-likeness (QED) is 0.403. The van der Waals surface area contributed by atoms with Crippen LogP contribution in [0.2, 0.25) is 0 Å². The van der Waals surface area contributed by atoms with E-state index in [0.29, 0.717) is 30.5 Å². The number of hydrogen-bond acceptors (Lipinski definition) is 9. The number of nitrogens with zero attached hydrogens (tertiary/aromatic N) is 7. The molecule has 10 nitrogen and oxygen atoms in total. The molecule has 1 amide bonds. The van der Waals surface area contributed by atoms with Crippen molar-refractivity contribution in [3.05, 3.63) is 48.8 Å². The molecule has 43 heavy (non-hydrogen) atoms. The average molecular weight is 584 g/mol. The van der Waals surface area contributed by atoms with Crippen molar-refractivity contribution in [1.29, 1.82) is 0 Å². The number of nitrogens with one attached hydrogen (secondary N) is 1. The molecule has 3 aromatic rings. The number of carbonyl (C=O) groups is 1. The van der Waals surface area contributed by atoms with Crippen LogP contribution in [0.15, 0.2) is 43.1 Å². The molecule has 0 aliphatic carbocycles. The molecule has 0 atom stereocenters. The predicted molar refractivity (Wildman–Crippen MR) is 174 cm³/mol. The first-order valence-electron chi connectivity index (χ1n) is 15.8. The van der Waals surface area contributed by atoms with Crippen molar-refractivity contribution in [1.82, 2.24) is 29.7 Å². The molecule has 0 unspecified atom stereocenters. The number of anilines is 3. The van der Waals surface area contributed by atoms with Crippen LogP contribution in [-0.2, 0) is 11.2 Å². The predicted octanol–water partition coefficient (Wildman–Crippen LogP) is 3.64. The minimum Gasteiger partial charge on any atom is -0.382 e. The highest BCUT2D eigenvalue weighted by molar-refractivity contribution is 5.97. The van der Waals surface area contributed by atoms with Crippen LogP contribution in [0, 0.1) is 0 Å². The van der Waals surface area contributed by atoms with Gasteiger partial charge in [0, 0.05) is 81.9 Å². The summed E-state index contributed by atoms with van der Waals surface area (Å²) >= 11 is 0. The van der Waals surface area contributed by atoms with Gasteiger partial charge in [-0.05, 0) is 62.9 Å². The summed E-state index contributed by atoms with van der Waals surface area (Å²) in [4.78, 5) is 36.0. The highest BCUT2D eigenvalue weighted by atomic mass is 16.2. The monoisotopic (exact) mass is 583 g/mol. The number of pyridine rings is 1. The average Bonchev–Trinajstić information content (AvgIpc) is 3.05. The summed E-state index contributed by atoms with van der Waals surface area (Å²) in [5, 5.41) is 3.64. The van der Waals surface area contributed by atoms with Crippen molar-refractivity contribution in [2.75, 3.05) is 75.4 Å². The van der Waals surface area contributed by atoms with Crippen LogP contribution >= 0.6 is 0 Å². The van der Waals surface area contributed by atoms with Crippen molar-refractivity contribution in [3.8, 4) is 11.1 Å². The normalized spacial score (nSPS) is 19.6. The molecule has 6 rings (SSSR count). The second-order valence-corrected chi connectivity index (χ2v) is 12.2. The number of likely N-dealkylation sites (tertiary alicyclic amines) is 1. The molecule has 10 heteroatoms. The molecule has 0 saturated carbocycles. The SMILES string of the molecule is C=CC(=O)N1CCC(Nc2nc3c(-c4ccc(N5CCC(N6CCN(C)CC6)CC5)cc4)cnc(N)c3nc2CC)CC1. The summed E-state index contributed by atoms with van der Waals surface area (Å²) in [7, 11) is 2.22. The molecule has 3 N–H and O–H groups in total. The number of aromatic nitrogens is 3. The van der Waals surface area contributed by atoms with Crippen LogP contribution in [0.4, 0.5) is 17.3 Å².